The summed E-state index contributed by atoms with van der Waals surface area (Å²) >= 11 is 0. The minimum Gasteiger partial charge on any atom is -0.448 e. The summed E-state index contributed by atoms with van der Waals surface area (Å²) in [6.07, 6.45) is 0.452. The van der Waals surface area contributed by atoms with Gasteiger partial charge in [0.05, 0.1) is 32.0 Å². The molecule has 0 N–H and O–H groups in total. The van der Waals surface area contributed by atoms with Gasteiger partial charge in [-0.05, 0) is 39.8 Å². The average Bonchev–Trinajstić information content (AvgIpc) is 3.30. The van der Waals surface area contributed by atoms with E-state index in [2.05, 4.69) is 0 Å². The Kier molecular flexibility index (Phi) is 8.01. The molecule has 11 heteroatoms. The number of aldehydes is 1. The maximum atomic E-state index is 12.9. The first-order chi connectivity index (χ1) is 13.4. The Morgan fingerprint density at radius 1 is 0.821 bits per heavy atom. The van der Waals surface area contributed by atoms with Crippen molar-refractivity contribution in [2.45, 2.75) is 27.7 Å². The maximum Gasteiger partial charge on any atom is 0.396 e. The quantitative estimate of drug-likeness (QED) is 0.359. The van der Waals surface area contributed by atoms with Gasteiger partial charge in [-0.2, -0.15) is 0 Å². The lowest BCUT2D eigenvalue weighted by Crippen LogP contribution is -2.08. The van der Waals surface area contributed by atoms with Crippen molar-refractivity contribution in [1.29, 1.82) is 0 Å². The Bertz CT molecular complexity index is 863. The molecule has 2 rings (SSSR count). The normalized spacial score (nSPS) is 12.4. The van der Waals surface area contributed by atoms with E-state index in [1.54, 1.807) is 27.7 Å². The lowest BCUT2D eigenvalue weighted by Gasteiger charge is -2.14. The fraction of sp³-hybridized carbons (Fsp3) is 0.471. The third-order valence-corrected chi connectivity index (χ3v) is 7.38. The highest BCUT2D eigenvalue weighted by atomic mass is 31.2. The van der Waals surface area contributed by atoms with Gasteiger partial charge >= 0.3 is 15.2 Å². The van der Waals surface area contributed by atoms with Crippen LogP contribution in [0.3, 0.4) is 0 Å². The molecule has 156 valence electrons. The van der Waals surface area contributed by atoms with Crippen LogP contribution in [0.15, 0.2) is 27.0 Å². The second-order valence-corrected chi connectivity index (χ2v) is 9.19. The standard InChI is InChI=1S/C17H24O9P2/c1-5-21-27(19,22-6-2)16-10-9-14(25-16)13-11-17(26-15(13)12-18)28(20,23-7-3)24-8-4/h9-12H,5-8H2,1-4H3. The van der Waals surface area contributed by atoms with Gasteiger partial charge in [-0.25, -0.2) is 0 Å². The number of carbonyl (C=O) groups excluding carboxylic acids is 1. The Hall–Kier alpha value is -1.47. The van der Waals surface area contributed by atoms with E-state index in [0.717, 1.165) is 0 Å². The predicted octanol–water partition coefficient (Wildman–Crippen LogP) is 4.13. The van der Waals surface area contributed by atoms with Crippen molar-refractivity contribution >= 4 is 32.5 Å². The monoisotopic (exact) mass is 434 g/mol. The van der Waals surface area contributed by atoms with Crippen LogP contribution >= 0.6 is 15.2 Å². The van der Waals surface area contributed by atoms with Gasteiger partial charge in [0.25, 0.3) is 0 Å². The van der Waals surface area contributed by atoms with E-state index >= 15 is 0 Å². The van der Waals surface area contributed by atoms with E-state index in [9.17, 15) is 13.9 Å². The Morgan fingerprint density at radius 2 is 1.32 bits per heavy atom. The molecule has 0 aromatic carbocycles. The van der Waals surface area contributed by atoms with Crippen molar-refractivity contribution in [3.63, 3.8) is 0 Å². The fourth-order valence-electron chi connectivity index (χ4n) is 2.44. The lowest BCUT2D eigenvalue weighted by molar-refractivity contribution is 0.110. The second-order valence-electron chi connectivity index (χ2n) is 5.28. The minimum atomic E-state index is -3.73. The van der Waals surface area contributed by atoms with Crippen LogP contribution < -0.4 is 11.0 Å². The summed E-state index contributed by atoms with van der Waals surface area (Å²) in [5.41, 5.74) is 0.0862. The van der Waals surface area contributed by atoms with Crippen molar-refractivity contribution in [2.75, 3.05) is 26.4 Å². The maximum absolute atomic E-state index is 12.9. The van der Waals surface area contributed by atoms with E-state index in [1.165, 1.54) is 18.2 Å². The third kappa shape index (κ3) is 4.74. The van der Waals surface area contributed by atoms with Crippen LogP contribution in [-0.4, -0.2) is 32.7 Å². The number of hydrogen-bond acceptors (Lipinski definition) is 9. The summed E-state index contributed by atoms with van der Waals surface area (Å²) in [7, 11) is -7.36. The van der Waals surface area contributed by atoms with E-state index in [-0.39, 0.29) is 54.5 Å². The highest BCUT2D eigenvalue weighted by Crippen LogP contribution is 2.50. The molecular formula is C17H24O9P2. The number of rotatable bonds is 12. The van der Waals surface area contributed by atoms with Gasteiger partial charge in [-0.1, -0.05) is 0 Å². The van der Waals surface area contributed by atoms with E-state index in [1.807, 2.05) is 0 Å². The Labute approximate surface area is 163 Å². The molecule has 0 saturated carbocycles. The smallest absolute Gasteiger partial charge is 0.396 e. The van der Waals surface area contributed by atoms with Crippen LogP contribution in [0.5, 0.6) is 0 Å². The number of hydrogen-bond donors (Lipinski definition) is 0. The van der Waals surface area contributed by atoms with E-state index in [4.69, 9.17) is 26.9 Å². The molecule has 2 aromatic heterocycles. The molecule has 28 heavy (non-hydrogen) atoms. The summed E-state index contributed by atoms with van der Waals surface area (Å²) in [5, 5.41) is 0. The van der Waals surface area contributed by atoms with Crippen molar-refractivity contribution in [1.82, 2.24) is 0 Å². The molecule has 0 unspecified atom stereocenters. The second kappa shape index (κ2) is 9.83. The molecule has 0 bridgehead atoms. The minimum absolute atomic E-state index is 0.0106. The first kappa shape index (κ1) is 22.8. The zero-order valence-corrected chi connectivity index (χ0v) is 18.0. The SMILES string of the molecule is CCOP(=O)(OCC)c1ccc(-c2cc(P(=O)(OCC)OCC)oc2C=O)o1. The van der Waals surface area contributed by atoms with Gasteiger partial charge in [0, 0.05) is 6.07 Å². The van der Waals surface area contributed by atoms with Crippen molar-refractivity contribution in [2.24, 2.45) is 0 Å². The zero-order chi connectivity index (χ0) is 20.8. The van der Waals surface area contributed by atoms with Gasteiger partial charge < -0.3 is 26.9 Å². The summed E-state index contributed by atoms with van der Waals surface area (Å²) in [4.78, 5) is 11.5. The molecule has 0 saturated heterocycles. The first-order valence-electron chi connectivity index (χ1n) is 8.85. The topological polar surface area (TPSA) is 114 Å². The first-order valence-corrected chi connectivity index (χ1v) is 11.9. The van der Waals surface area contributed by atoms with Crippen LogP contribution in [-0.2, 0) is 27.2 Å². The molecule has 0 atom stereocenters. The Morgan fingerprint density at radius 3 is 1.79 bits per heavy atom. The van der Waals surface area contributed by atoms with Crippen LogP contribution in [0, 0.1) is 0 Å². The molecule has 0 aliphatic carbocycles. The molecule has 2 aromatic rings. The summed E-state index contributed by atoms with van der Waals surface area (Å²) in [5.74, 6) is 0.0458. The van der Waals surface area contributed by atoms with Gasteiger partial charge in [0.2, 0.25) is 11.0 Å². The molecule has 2 heterocycles. The van der Waals surface area contributed by atoms with Crippen LogP contribution in [0.4, 0.5) is 0 Å². The summed E-state index contributed by atoms with van der Waals surface area (Å²) in [6, 6.07) is 4.28. The molecule has 0 spiro atoms. The number of furan rings is 2. The van der Waals surface area contributed by atoms with Crippen molar-refractivity contribution in [3.05, 3.63) is 24.0 Å². The lowest BCUT2D eigenvalue weighted by atomic mass is 10.2. The van der Waals surface area contributed by atoms with E-state index in [0.29, 0.717) is 6.29 Å². The van der Waals surface area contributed by atoms with Gasteiger partial charge in [-0.3, -0.25) is 13.9 Å². The summed E-state index contributed by atoms with van der Waals surface area (Å²) in [6.45, 7) is 7.26. The van der Waals surface area contributed by atoms with Crippen LogP contribution in [0.1, 0.15) is 38.2 Å². The van der Waals surface area contributed by atoms with Crippen LogP contribution in [0.2, 0.25) is 0 Å². The molecule has 0 fully saturated rings. The van der Waals surface area contributed by atoms with E-state index < -0.39 is 15.2 Å². The number of carbonyl (C=O) groups is 1. The zero-order valence-electron chi connectivity index (χ0n) is 16.2. The fourth-order valence-corrected chi connectivity index (χ4v) is 5.42. The Balaban J connectivity index is 2.48. The van der Waals surface area contributed by atoms with Crippen LogP contribution in [0.25, 0.3) is 11.3 Å². The average molecular weight is 434 g/mol. The van der Waals surface area contributed by atoms with Gasteiger partial charge in [0.15, 0.2) is 12.0 Å². The highest BCUT2D eigenvalue weighted by Gasteiger charge is 2.35. The predicted molar refractivity (Wildman–Crippen MR) is 103 cm³/mol. The largest absolute Gasteiger partial charge is 0.448 e. The third-order valence-electron chi connectivity index (χ3n) is 3.45. The van der Waals surface area contributed by atoms with Gasteiger partial charge in [-0.15, -0.1) is 0 Å². The molecule has 0 aliphatic rings. The molecule has 0 aliphatic heterocycles. The molecular weight excluding hydrogens is 410 g/mol. The van der Waals surface area contributed by atoms with Crippen molar-refractivity contribution in [3.8, 4) is 11.3 Å². The summed E-state index contributed by atoms with van der Waals surface area (Å²) < 4.78 is 57.7. The molecule has 9 nitrogen and oxygen atoms in total. The molecule has 0 amide bonds. The molecule has 0 radical (unpaired) electrons. The highest BCUT2D eigenvalue weighted by molar-refractivity contribution is 7.62. The van der Waals surface area contributed by atoms with Gasteiger partial charge in [0.1, 0.15) is 5.76 Å². The van der Waals surface area contributed by atoms with Crippen molar-refractivity contribution < 1.29 is 40.9 Å².